The smallest absolute Gasteiger partial charge is 2.00 e. The quantitative estimate of drug-likeness (QED) is 0.208. The van der Waals surface area contributed by atoms with E-state index in [0.29, 0.717) is 6.42 Å². The van der Waals surface area contributed by atoms with Crippen molar-refractivity contribution in [1.82, 2.24) is 0 Å². The molecule has 1 aromatic rings. The van der Waals surface area contributed by atoms with E-state index in [0.717, 1.165) is 5.56 Å². The second-order valence-corrected chi connectivity index (χ2v) is 6.50. The summed E-state index contributed by atoms with van der Waals surface area (Å²) in [7, 11) is -3.99. The first-order chi connectivity index (χ1) is 11.7. The van der Waals surface area contributed by atoms with E-state index in [4.69, 9.17) is 5.14 Å². The number of sulfonamides is 1. The molecule has 0 heterocycles. The number of benzene rings is 1. The molecule has 1 rings (SSSR count). The maximum absolute atomic E-state index is 11.5. The summed E-state index contributed by atoms with van der Waals surface area (Å²) in [5.74, 6) is -2.09. The molecule has 0 fully saturated rings. The van der Waals surface area contributed by atoms with Crippen molar-refractivity contribution in [2.45, 2.75) is 11.3 Å². The van der Waals surface area contributed by atoms with Crippen LogP contribution in [0.5, 0.6) is 0 Å². The number of nitrogens with zero attached hydrogens (tertiary/aromatic N) is 3. The van der Waals surface area contributed by atoms with E-state index in [1.807, 2.05) is 0 Å². The molecular formula is C14H15N4O6S2Tc. The molecule has 0 aliphatic heterocycles. The van der Waals surface area contributed by atoms with Crippen LogP contribution >= 0.6 is 0 Å². The van der Waals surface area contributed by atoms with Gasteiger partial charge < -0.3 is 48.5 Å². The van der Waals surface area contributed by atoms with Gasteiger partial charge in [0.15, 0.2) is 0 Å². The summed E-state index contributed by atoms with van der Waals surface area (Å²) in [6.45, 7) is -0.714. The summed E-state index contributed by atoms with van der Waals surface area (Å²) in [5.41, 5.74) is 0.748. The summed E-state index contributed by atoms with van der Waals surface area (Å²) in [6, 6.07) is 5.68. The van der Waals surface area contributed by atoms with Crippen molar-refractivity contribution < 1.29 is 49.3 Å². The zero-order valence-electron chi connectivity index (χ0n) is 13.8. The SMILES string of the molecule is [99Tc+7].[NH-]S(=O)(=O)c1ccc(CCN=C([O-])CN=C([O-])CN=C([O-])C[S-])cc1.[O-2]. The molecule has 0 amide bonds. The Labute approximate surface area is 176 Å². The average Bonchev–Trinajstić information content (AvgIpc) is 2.57. The number of hydrogen-bond donors (Lipinski definition) is 0. The first-order valence-electron chi connectivity index (χ1n) is 7.00. The molecule has 0 aliphatic carbocycles. The molecule has 0 spiro atoms. The van der Waals surface area contributed by atoms with Gasteiger partial charge in [0.05, 0.1) is 23.1 Å². The predicted molar refractivity (Wildman–Crippen MR) is 91.5 cm³/mol. The standard InChI is InChI=1S/C14H19N4O5S2.O.Tc/c15-25(22,23)11-3-1-10(2-4-11)5-6-16-12(19)7-17-13(20)8-18-14(21)9-24;;/h1-4H,5-9H2,(H5-,15,16,17,18,19,20,21,22,23,24);;/q-1;-2;+7/p-4/i;;1+1. The molecular weight excluding hydrogens is 483 g/mol. The van der Waals surface area contributed by atoms with E-state index in [1.165, 1.54) is 24.3 Å². The third-order valence-electron chi connectivity index (χ3n) is 2.83. The minimum Gasteiger partial charge on any atom is -2.00 e. The van der Waals surface area contributed by atoms with Crippen LogP contribution in [0.3, 0.4) is 0 Å². The molecule has 0 bridgehead atoms. The summed E-state index contributed by atoms with van der Waals surface area (Å²) in [5, 5.41) is 40.5. The normalized spacial score (nSPS) is 12.9. The van der Waals surface area contributed by atoms with Crippen molar-refractivity contribution in [3.63, 3.8) is 0 Å². The fourth-order valence-electron chi connectivity index (χ4n) is 1.60. The van der Waals surface area contributed by atoms with Crippen molar-refractivity contribution in [3.05, 3.63) is 35.0 Å². The molecule has 0 aliphatic rings. The predicted octanol–water partition coefficient (Wildman–Crippen LogP) is -2.33. The second-order valence-electron chi connectivity index (χ2n) is 4.74. The van der Waals surface area contributed by atoms with Crippen LogP contribution in [0.15, 0.2) is 44.1 Å². The van der Waals surface area contributed by atoms with Crippen molar-refractivity contribution in [3.8, 4) is 0 Å². The van der Waals surface area contributed by atoms with Crippen LogP contribution in [0.25, 0.3) is 5.14 Å². The molecule has 1 aromatic carbocycles. The minimum absolute atomic E-state index is 0. The molecule has 10 nitrogen and oxygen atoms in total. The molecule has 146 valence electrons. The summed E-state index contributed by atoms with van der Waals surface area (Å²) >= 11 is 4.45. The Morgan fingerprint density at radius 2 is 1.44 bits per heavy atom. The molecule has 0 radical (unpaired) electrons. The molecule has 0 aromatic heterocycles. The Hall–Kier alpha value is -1.50. The first kappa shape index (κ1) is 27.7. The van der Waals surface area contributed by atoms with Crippen molar-refractivity contribution in [2.24, 2.45) is 15.0 Å². The molecule has 27 heavy (non-hydrogen) atoms. The van der Waals surface area contributed by atoms with Crippen LogP contribution in [0, 0.1) is 0 Å². The van der Waals surface area contributed by atoms with Crippen LogP contribution in [0.1, 0.15) is 5.56 Å². The third kappa shape index (κ3) is 11.7. The van der Waals surface area contributed by atoms with E-state index in [9.17, 15) is 23.7 Å². The van der Waals surface area contributed by atoms with Gasteiger partial charge in [-0.15, -0.1) is 5.75 Å². The summed E-state index contributed by atoms with van der Waals surface area (Å²) < 4.78 is 22.0. The molecule has 0 unspecified atom stereocenters. The second kappa shape index (κ2) is 13.6. The van der Waals surface area contributed by atoms with Gasteiger partial charge in [-0.3, -0.25) is 4.99 Å². The maximum atomic E-state index is 11.5. The largest absolute Gasteiger partial charge is 7.00 e. The monoisotopic (exact) mass is 498 g/mol. The Balaban J connectivity index is 0. The van der Waals surface area contributed by atoms with Crippen LogP contribution in [0.2, 0.25) is 0 Å². The number of hydrogen-bond acceptors (Lipinski definition) is 9. The van der Waals surface area contributed by atoms with Gasteiger partial charge >= 0.3 is 20.1 Å². The molecule has 13 heteroatoms. The fourth-order valence-corrected chi connectivity index (χ4v) is 2.19. The Morgan fingerprint density at radius 3 is 1.93 bits per heavy atom. The summed E-state index contributed by atoms with van der Waals surface area (Å²) in [6.07, 6.45) is 0.390. The van der Waals surface area contributed by atoms with Gasteiger partial charge in [0.25, 0.3) is 0 Å². The molecule has 0 atom stereocenters. The van der Waals surface area contributed by atoms with Crippen LogP contribution in [-0.4, -0.2) is 51.5 Å². The van der Waals surface area contributed by atoms with Gasteiger partial charge in [0.1, 0.15) is 0 Å². The van der Waals surface area contributed by atoms with Crippen LogP contribution < -0.4 is 15.3 Å². The van der Waals surface area contributed by atoms with Gasteiger partial charge in [-0.2, -0.15) is 0 Å². The molecule has 0 saturated carbocycles. The zero-order valence-corrected chi connectivity index (χ0v) is 17.3. The van der Waals surface area contributed by atoms with Gasteiger partial charge in [-0.05, 0) is 35.9 Å². The van der Waals surface area contributed by atoms with Crippen molar-refractivity contribution >= 4 is 40.3 Å². The van der Waals surface area contributed by atoms with Gasteiger partial charge in [-0.1, -0.05) is 18.0 Å². The van der Waals surface area contributed by atoms with Crippen LogP contribution in [0.4, 0.5) is 0 Å². The van der Waals surface area contributed by atoms with E-state index < -0.39 is 40.8 Å². The fraction of sp³-hybridized carbons (Fsp3) is 0.357. The van der Waals surface area contributed by atoms with Crippen LogP contribution in [-0.2, 0) is 54.7 Å². The van der Waals surface area contributed by atoms with Gasteiger partial charge in [-0.25, -0.2) is 8.42 Å². The molecule has 0 saturated heterocycles. The van der Waals surface area contributed by atoms with Gasteiger partial charge in [0, 0.05) is 11.4 Å². The molecule has 1 N–H and O–H groups in total. The van der Waals surface area contributed by atoms with E-state index in [-0.39, 0.29) is 42.8 Å². The number of rotatable bonds is 9. The summed E-state index contributed by atoms with van der Waals surface area (Å²) in [4.78, 5) is 10.4. The first-order valence-corrected chi connectivity index (χ1v) is 9.06. The topological polar surface area (TPSA) is 193 Å². The van der Waals surface area contributed by atoms with Crippen molar-refractivity contribution in [2.75, 3.05) is 25.4 Å². The van der Waals surface area contributed by atoms with Gasteiger partial charge in [0.2, 0.25) is 0 Å². The Morgan fingerprint density at radius 1 is 0.963 bits per heavy atom. The number of nitrogens with one attached hydrogen (secondary N) is 1. The average molecular weight is 498 g/mol. The number of aliphatic imine (C=N–C) groups is 3. The third-order valence-corrected chi connectivity index (χ3v) is 3.97. The maximum Gasteiger partial charge on any atom is 7.00 e. The van der Waals surface area contributed by atoms with Crippen molar-refractivity contribution in [1.29, 1.82) is 0 Å². The van der Waals surface area contributed by atoms with E-state index >= 15 is 0 Å². The Kier molecular flexibility index (Phi) is 14.0. The minimum atomic E-state index is -3.99. The van der Waals surface area contributed by atoms with E-state index in [2.05, 4.69) is 27.6 Å². The van der Waals surface area contributed by atoms with E-state index in [1.54, 1.807) is 0 Å². The Bertz CT molecular complexity index is 766. The zero-order chi connectivity index (χ0) is 18.9.